The van der Waals surface area contributed by atoms with E-state index in [0.29, 0.717) is 12.6 Å². The highest BCUT2D eigenvalue weighted by molar-refractivity contribution is 6.76. The molecule has 0 aliphatic heterocycles. The lowest BCUT2D eigenvalue weighted by Gasteiger charge is -2.28. The Balaban J connectivity index is 0.00000143. The lowest BCUT2D eigenvalue weighted by Crippen LogP contribution is -2.51. The van der Waals surface area contributed by atoms with Gasteiger partial charge in [-0.05, 0) is 17.7 Å². The molecule has 35 heavy (non-hydrogen) atoms. The smallest absolute Gasteiger partial charge is 0.480 e. The minimum atomic E-state index is -5.08. The molecule has 1 aromatic rings. The van der Waals surface area contributed by atoms with Gasteiger partial charge in [-0.2, -0.15) is 13.2 Å². The lowest BCUT2D eigenvalue weighted by atomic mass is 10.2. The highest BCUT2D eigenvalue weighted by Gasteiger charge is 2.38. The molecular formula is C22H37F3N2O6Si2. The summed E-state index contributed by atoms with van der Waals surface area (Å²) >= 11 is 0. The van der Waals surface area contributed by atoms with E-state index in [1.54, 1.807) is 0 Å². The summed E-state index contributed by atoms with van der Waals surface area (Å²) in [5.74, 6) is -3.59. The maximum atomic E-state index is 12.3. The molecule has 0 saturated carbocycles. The van der Waals surface area contributed by atoms with Crippen LogP contribution in [0.5, 0.6) is 0 Å². The number of nitrogens with one attached hydrogen (secondary N) is 2. The van der Waals surface area contributed by atoms with Crippen LogP contribution in [0.15, 0.2) is 30.3 Å². The van der Waals surface area contributed by atoms with Crippen LogP contribution in [0, 0.1) is 0 Å². The summed E-state index contributed by atoms with van der Waals surface area (Å²) in [6, 6.07) is 10.3. The zero-order valence-electron chi connectivity index (χ0n) is 21.0. The van der Waals surface area contributed by atoms with Crippen LogP contribution >= 0.6 is 0 Å². The number of rotatable bonds is 11. The van der Waals surface area contributed by atoms with E-state index in [0.717, 1.165) is 11.6 Å². The number of alkyl halides is 3. The molecule has 0 spiro atoms. The number of carbonyl (C=O) groups excluding carboxylic acids is 1. The number of aliphatic carboxylic acids is 2. The predicted octanol–water partition coefficient (Wildman–Crippen LogP) is 4.63. The fourth-order valence-electron chi connectivity index (χ4n) is 2.99. The van der Waals surface area contributed by atoms with Crippen molar-refractivity contribution in [2.24, 2.45) is 0 Å². The predicted molar refractivity (Wildman–Crippen MR) is 133 cm³/mol. The molecule has 0 aliphatic rings. The molecule has 0 fully saturated rings. The second-order valence-electron chi connectivity index (χ2n) is 10.5. The first kappa shape index (κ1) is 32.6. The number of hydrogen-bond acceptors (Lipinski definition) is 5. The van der Waals surface area contributed by atoms with Crippen LogP contribution in [0.4, 0.5) is 18.0 Å². The zero-order valence-corrected chi connectivity index (χ0v) is 23.0. The molecule has 1 aromatic carbocycles. The summed E-state index contributed by atoms with van der Waals surface area (Å²) in [5.41, 5.74) is 0.929. The van der Waals surface area contributed by atoms with Gasteiger partial charge >= 0.3 is 24.2 Å². The molecule has 0 heterocycles. The van der Waals surface area contributed by atoms with E-state index in [2.05, 4.69) is 49.9 Å². The van der Waals surface area contributed by atoms with Crippen molar-refractivity contribution in [2.75, 3.05) is 6.54 Å². The maximum Gasteiger partial charge on any atom is 0.490 e. The van der Waals surface area contributed by atoms with Crippen LogP contribution in [0.25, 0.3) is 0 Å². The van der Waals surface area contributed by atoms with E-state index in [1.165, 1.54) is 0 Å². The van der Waals surface area contributed by atoms with Crippen molar-refractivity contribution in [3.05, 3.63) is 35.9 Å². The molecule has 2 atom stereocenters. The lowest BCUT2D eigenvalue weighted by molar-refractivity contribution is -0.192. The van der Waals surface area contributed by atoms with Crippen LogP contribution in [0.2, 0.25) is 51.4 Å². The van der Waals surface area contributed by atoms with Crippen molar-refractivity contribution in [1.82, 2.24) is 10.6 Å². The third-order valence-electron chi connectivity index (χ3n) is 4.36. The Kier molecular flexibility index (Phi) is 13.3. The number of benzene rings is 1. The minimum Gasteiger partial charge on any atom is -0.480 e. The van der Waals surface area contributed by atoms with E-state index in [-0.39, 0.29) is 12.6 Å². The number of hydrogen-bond donors (Lipinski definition) is 4. The first-order valence-electron chi connectivity index (χ1n) is 11.0. The van der Waals surface area contributed by atoms with Gasteiger partial charge in [-0.1, -0.05) is 69.6 Å². The van der Waals surface area contributed by atoms with E-state index < -0.39 is 46.4 Å². The quantitative estimate of drug-likeness (QED) is 0.303. The molecule has 0 bridgehead atoms. The maximum absolute atomic E-state index is 12.3. The van der Waals surface area contributed by atoms with Gasteiger partial charge in [0.15, 0.2) is 0 Å². The summed E-state index contributed by atoms with van der Waals surface area (Å²) in [5, 5.41) is 22.8. The Morgan fingerprint density at radius 1 is 0.943 bits per heavy atom. The molecule has 0 radical (unpaired) electrons. The van der Waals surface area contributed by atoms with Crippen molar-refractivity contribution >= 4 is 34.2 Å². The topological polar surface area (TPSA) is 125 Å². The normalized spacial score (nSPS) is 13.6. The molecule has 0 aromatic heterocycles. The fourth-order valence-corrected chi connectivity index (χ4v) is 6.26. The summed E-state index contributed by atoms with van der Waals surface area (Å²) in [7, 11) is -3.00. The van der Waals surface area contributed by atoms with E-state index >= 15 is 0 Å². The van der Waals surface area contributed by atoms with Gasteiger partial charge in [-0.25, -0.2) is 9.59 Å². The summed E-state index contributed by atoms with van der Waals surface area (Å²) < 4.78 is 37.1. The van der Waals surface area contributed by atoms with Crippen molar-refractivity contribution in [1.29, 1.82) is 0 Å². The number of amides is 1. The van der Waals surface area contributed by atoms with E-state index in [1.807, 2.05) is 30.3 Å². The van der Waals surface area contributed by atoms with E-state index in [4.69, 9.17) is 14.6 Å². The molecule has 0 saturated heterocycles. The van der Waals surface area contributed by atoms with Gasteiger partial charge in [0, 0.05) is 28.7 Å². The summed E-state index contributed by atoms with van der Waals surface area (Å²) in [6.45, 7) is 13.8. The molecular weight excluding hydrogens is 501 g/mol. The fraction of sp³-hybridized carbons (Fsp3) is 0.591. The van der Waals surface area contributed by atoms with E-state index in [9.17, 15) is 27.9 Å². The number of carbonyl (C=O) groups is 3. The van der Waals surface area contributed by atoms with Gasteiger partial charge < -0.3 is 25.6 Å². The first-order chi connectivity index (χ1) is 15.8. The number of ether oxygens (including phenoxy) is 1. The van der Waals surface area contributed by atoms with Crippen molar-refractivity contribution in [2.45, 2.75) is 76.2 Å². The Labute approximate surface area is 206 Å². The van der Waals surface area contributed by atoms with Crippen LogP contribution in [0.3, 0.4) is 0 Å². The first-order valence-corrected chi connectivity index (χ1v) is 18.4. The Hall–Kier alpha value is -2.39. The van der Waals surface area contributed by atoms with Gasteiger partial charge in [0.1, 0.15) is 12.6 Å². The van der Waals surface area contributed by atoms with Crippen LogP contribution < -0.4 is 10.6 Å². The Bertz CT molecular complexity index is 812. The molecule has 4 N–H and O–H groups in total. The third-order valence-corrected chi connectivity index (χ3v) is 7.71. The van der Waals surface area contributed by atoms with Gasteiger partial charge in [0.2, 0.25) is 0 Å². The number of alkyl carbamates (subject to hydrolysis) is 1. The second-order valence-corrected chi connectivity index (χ2v) is 21.6. The zero-order chi connectivity index (χ0) is 27.4. The van der Waals surface area contributed by atoms with Gasteiger partial charge in [0.25, 0.3) is 0 Å². The molecule has 0 aliphatic carbocycles. The molecule has 13 heteroatoms. The van der Waals surface area contributed by atoms with Gasteiger partial charge in [-0.15, -0.1) is 0 Å². The molecule has 0 unspecified atom stereocenters. The highest BCUT2D eigenvalue weighted by Crippen LogP contribution is 2.15. The monoisotopic (exact) mass is 538 g/mol. The summed E-state index contributed by atoms with van der Waals surface area (Å²) in [4.78, 5) is 32.8. The van der Waals surface area contributed by atoms with Crippen molar-refractivity contribution in [3.63, 3.8) is 0 Å². The Morgan fingerprint density at radius 3 is 1.83 bits per heavy atom. The van der Waals surface area contributed by atoms with Crippen LogP contribution in [-0.4, -0.2) is 69.2 Å². The summed E-state index contributed by atoms with van der Waals surface area (Å²) in [6.07, 6.45) is -5.55. The number of carboxylic acids is 2. The largest absolute Gasteiger partial charge is 0.490 e. The highest BCUT2D eigenvalue weighted by atomic mass is 28.3. The van der Waals surface area contributed by atoms with Gasteiger partial charge in [0.05, 0.1) is 0 Å². The average Bonchev–Trinajstić information content (AvgIpc) is 2.67. The molecule has 1 amide bonds. The van der Waals surface area contributed by atoms with Crippen LogP contribution in [0.1, 0.15) is 5.56 Å². The van der Waals surface area contributed by atoms with Crippen LogP contribution in [-0.2, 0) is 20.9 Å². The number of halogens is 3. The van der Waals surface area contributed by atoms with Gasteiger partial charge in [-0.3, -0.25) is 4.79 Å². The SMILES string of the molecule is C[Si](C)(C)C[C@@H](CN[C@@H](C[Si](C)(C)C)C(=O)O)NC(=O)OCc1ccccc1.O=C(O)C(F)(F)F. The Morgan fingerprint density at radius 2 is 1.43 bits per heavy atom. The average molecular weight is 539 g/mol. The van der Waals surface area contributed by atoms with Crippen molar-refractivity contribution < 1.29 is 42.5 Å². The standard InChI is InChI=1S/C20H36N2O4Si2.C2HF3O2/c1-27(2,3)14-17(12-21-18(19(23)24)15-28(4,5)6)22-20(25)26-13-16-10-8-7-9-11-16;3-2(4,5)1(6)7/h7-11,17-18,21H,12-15H2,1-6H3,(H,22,25)(H,23,24);(H,6,7)/t17-,18+;/m1./s1. The van der Waals surface area contributed by atoms with Crippen molar-refractivity contribution in [3.8, 4) is 0 Å². The second kappa shape index (κ2) is 14.2. The number of carboxylic acid groups (broad SMARTS) is 2. The minimum absolute atomic E-state index is 0.154. The molecule has 8 nitrogen and oxygen atoms in total. The molecule has 1 rings (SSSR count). The third kappa shape index (κ3) is 17.7. The molecule has 200 valence electrons.